The lowest BCUT2D eigenvalue weighted by atomic mass is 10.1. The van der Waals surface area contributed by atoms with Crippen LogP contribution in [-0.2, 0) is 6.54 Å². The Hall–Kier alpha value is -2.90. The topological polar surface area (TPSA) is 90.1 Å². The maximum Gasteiger partial charge on any atom is 0.390 e. The highest BCUT2D eigenvalue weighted by atomic mass is 35.5. The lowest BCUT2D eigenvalue weighted by molar-refractivity contribution is -0.389. The van der Waals surface area contributed by atoms with Gasteiger partial charge in [-0.1, -0.05) is 35.3 Å². The summed E-state index contributed by atoms with van der Waals surface area (Å²) in [5, 5.41) is 18.3. The molecule has 7 nitrogen and oxygen atoms in total. The number of aromatic nitrogens is 2. The summed E-state index contributed by atoms with van der Waals surface area (Å²) >= 11 is 11.9. The lowest BCUT2D eigenvalue weighted by Crippen LogP contribution is -2.12. The standard InChI is InChI=1S/C18H14Cl2N4O3/c1-11-8-17(24(26)27)22-23(11)10-12-2-4-13(5-3-12)18(25)21-16-7-6-14(19)9-15(16)20/h2-9H,10H2,1H3,(H,21,25). The second-order valence-electron chi connectivity index (χ2n) is 5.83. The minimum absolute atomic E-state index is 0.191. The highest BCUT2D eigenvalue weighted by Crippen LogP contribution is 2.25. The quantitative estimate of drug-likeness (QED) is 0.492. The van der Waals surface area contributed by atoms with Gasteiger partial charge in [-0.05, 0) is 47.7 Å². The normalized spacial score (nSPS) is 10.6. The molecule has 1 amide bonds. The van der Waals surface area contributed by atoms with E-state index >= 15 is 0 Å². The van der Waals surface area contributed by atoms with Gasteiger partial charge in [0.1, 0.15) is 0 Å². The molecular weight excluding hydrogens is 391 g/mol. The summed E-state index contributed by atoms with van der Waals surface area (Å²) in [6.45, 7) is 2.11. The Bertz CT molecular complexity index is 1020. The predicted molar refractivity (Wildman–Crippen MR) is 104 cm³/mol. The third-order valence-electron chi connectivity index (χ3n) is 3.88. The minimum Gasteiger partial charge on any atom is -0.358 e. The number of rotatable bonds is 5. The molecule has 9 heteroatoms. The van der Waals surface area contributed by atoms with Crippen molar-refractivity contribution in [1.82, 2.24) is 9.78 Å². The zero-order chi connectivity index (χ0) is 19.6. The highest BCUT2D eigenvalue weighted by Gasteiger charge is 2.15. The molecule has 27 heavy (non-hydrogen) atoms. The van der Waals surface area contributed by atoms with E-state index in [1.807, 2.05) is 0 Å². The van der Waals surface area contributed by atoms with Crippen molar-refractivity contribution >= 4 is 40.6 Å². The molecule has 0 unspecified atom stereocenters. The summed E-state index contributed by atoms with van der Waals surface area (Å²) in [5.74, 6) is -0.500. The molecule has 2 aromatic carbocycles. The van der Waals surface area contributed by atoms with Gasteiger partial charge in [-0.15, -0.1) is 0 Å². The average molecular weight is 405 g/mol. The van der Waals surface area contributed by atoms with Crippen molar-refractivity contribution in [3.63, 3.8) is 0 Å². The maximum absolute atomic E-state index is 12.4. The van der Waals surface area contributed by atoms with E-state index in [1.165, 1.54) is 6.07 Å². The van der Waals surface area contributed by atoms with Gasteiger partial charge in [0, 0.05) is 10.6 Å². The second kappa shape index (κ2) is 7.77. The van der Waals surface area contributed by atoms with Crippen LogP contribution in [0.15, 0.2) is 48.5 Å². The Kier molecular flexibility index (Phi) is 5.43. The number of nitrogens with zero attached hydrogens (tertiary/aromatic N) is 3. The summed E-state index contributed by atoms with van der Waals surface area (Å²) in [4.78, 5) is 22.6. The third kappa shape index (κ3) is 4.45. The zero-order valence-corrected chi connectivity index (χ0v) is 15.7. The Morgan fingerprint density at radius 3 is 2.48 bits per heavy atom. The van der Waals surface area contributed by atoms with E-state index in [1.54, 1.807) is 54.1 Å². The second-order valence-corrected chi connectivity index (χ2v) is 6.68. The maximum atomic E-state index is 12.4. The number of carbonyl (C=O) groups excluding carboxylic acids is 1. The van der Waals surface area contributed by atoms with Crippen LogP contribution in [0.4, 0.5) is 11.5 Å². The van der Waals surface area contributed by atoms with Crippen LogP contribution in [0.2, 0.25) is 10.0 Å². The number of nitrogens with one attached hydrogen (secondary N) is 1. The van der Waals surface area contributed by atoms with Crippen molar-refractivity contribution in [3.05, 3.63) is 85.5 Å². The number of benzene rings is 2. The minimum atomic E-state index is -0.529. The molecule has 0 radical (unpaired) electrons. The molecular formula is C18H14Cl2N4O3. The molecule has 0 fully saturated rings. The molecule has 0 saturated heterocycles. The molecule has 0 atom stereocenters. The molecule has 0 bridgehead atoms. The molecule has 0 saturated carbocycles. The number of hydrogen-bond acceptors (Lipinski definition) is 4. The van der Waals surface area contributed by atoms with Crippen LogP contribution in [-0.4, -0.2) is 20.6 Å². The van der Waals surface area contributed by atoms with Crippen LogP contribution in [0, 0.1) is 17.0 Å². The van der Waals surface area contributed by atoms with Crippen LogP contribution >= 0.6 is 23.2 Å². The number of amides is 1. The van der Waals surface area contributed by atoms with E-state index in [9.17, 15) is 14.9 Å². The fraction of sp³-hybridized carbons (Fsp3) is 0.111. The molecule has 0 spiro atoms. The molecule has 0 aliphatic rings. The van der Waals surface area contributed by atoms with Gasteiger partial charge >= 0.3 is 5.82 Å². The van der Waals surface area contributed by atoms with E-state index < -0.39 is 4.92 Å². The molecule has 1 N–H and O–H groups in total. The summed E-state index contributed by atoms with van der Waals surface area (Å²) in [6, 6.07) is 13.1. The van der Waals surface area contributed by atoms with E-state index in [0.717, 1.165) is 5.56 Å². The van der Waals surface area contributed by atoms with E-state index in [-0.39, 0.29) is 11.7 Å². The first-order valence-electron chi connectivity index (χ1n) is 7.87. The molecule has 0 aliphatic heterocycles. The number of halogens is 2. The van der Waals surface area contributed by atoms with Crippen molar-refractivity contribution in [3.8, 4) is 0 Å². The SMILES string of the molecule is Cc1cc([N+](=O)[O-])nn1Cc1ccc(C(=O)Nc2ccc(Cl)cc2Cl)cc1. The van der Waals surface area contributed by atoms with Crippen LogP contribution < -0.4 is 5.32 Å². The van der Waals surface area contributed by atoms with E-state index in [4.69, 9.17) is 23.2 Å². The van der Waals surface area contributed by atoms with Crippen molar-refractivity contribution < 1.29 is 9.72 Å². The Labute approximate surface area is 164 Å². The highest BCUT2D eigenvalue weighted by molar-refractivity contribution is 6.36. The van der Waals surface area contributed by atoms with Gasteiger partial charge in [-0.25, -0.2) is 0 Å². The number of hydrogen-bond donors (Lipinski definition) is 1. The molecule has 1 heterocycles. The molecule has 1 aromatic heterocycles. The van der Waals surface area contributed by atoms with E-state index in [2.05, 4.69) is 10.4 Å². The first-order valence-corrected chi connectivity index (χ1v) is 8.63. The summed E-state index contributed by atoms with van der Waals surface area (Å²) in [5.41, 5.74) is 2.46. The molecule has 138 valence electrons. The van der Waals surface area contributed by atoms with Crippen LogP contribution in [0.25, 0.3) is 0 Å². The summed E-state index contributed by atoms with van der Waals surface area (Å²) in [7, 11) is 0. The number of aryl methyl sites for hydroxylation is 1. The van der Waals surface area contributed by atoms with Gasteiger partial charge < -0.3 is 15.4 Å². The smallest absolute Gasteiger partial charge is 0.358 e. The Morgan fingerprint density at radius 2 is 1.89 bits per heavy atom. The van der Waals surface area contributed by atoms with Crippen molar-refractivity contribution in [2.45, 2.75) is 13.5 Å². The van der Waals surface area contributed by atoms with Gasteiger partial charge in [0.25, 0.3) is 5.91 Å². The van der Waals surface area contributed by atoms with Gasteiger partial charge in [-0.3, -0.25) is 4.79 Å². The molecule has 3 rings (SSSR count). The van der Waals surface area contributed by atoms with Crippen LogP contribution in [0.1, 0.15) is 21.6 Å². The van der Waals surface area contributed by atoms with Crippen LogP contribution in [0.5, 0.6) is 0 Å². The van der Waals surface area contributed by atoms with Gasteiger partial charge in [0.15, 0.2) is 0 Å². The van der Waals surface area contributed by atoms with Crippen molar-refractivity contribution in [1.29, 1.82) is 0 Å². The fourth-order valence-corrected chi connectivity index (χ4v) is 2.92. The summed E-state index contributed by atoms with van der Waals surface area (Å²) in [6.07, 6.45) is 0. The number of carbonyl (C=O) groups is 1. The largest absolute Gasteiger partial charge is 0.390 e. The average Bonchev–Trinajstić information content (AvgIpc) is 2.99. The first-order chi connectivity index (χ1) is 12.8. The fourth-order valence-electron chi connectivity index (χ4n) is 2.46. The van der Waals surface area contributed by atoms with E-state index in [0.29, 0.717) is 33.5 Å². The van der Waals surface area contributed by atoms with Gasteiger partial charge in [-0.2, -0.15) is 4.68 Å². The lowest BCUT2D eigenvalue weighted by Gasteiger charge is -2.08. The van der Waals surface area contributed by atoms with Gasteiger partial charge in [0.05, 0.1) is 34.1 Å². The van der Waals surface area contributed by atoms with Gasteiger partial charge in [0.2, 0.25) is 0 Å². The zero-order valence-electron chi connectivity index (χ0n) is 14.1. The summed E-state index contributed by atoms with van der Waals surface area (Å²) < 4.78 is 1.54. The third-order valence-corrected chi connectivity index (χ3v) is 4.43. The monoisotopic (exact) mass is 404 g/mol. The predicted octanol–water partition coefficient (Wildman–Crippen LogP) is 4.71. The Morgan fingerprint density at radius 1 is 1.19 bits per heavy atom. The Balaban J connectivity index is 1.71. The van der Waals surface area contributed by atoms with Crippen LogP contribution in [0.3, 0.4) is 0 Å². The number of nitro groups is 1. The molecule has 0 aliphatic carbocycles. The number of anilines is 1. The van der Waals surface area contributed by atoms with Crippen molar-refractivity contribution in [2.75, 3.05) is 5.32 Å². The first kappa shape index (κ1) is 18.9. The molecule has 3 aromatic rings. The van der Waals surface area contributed by atoms with Crippen molar-refractivity contribution in [2.24, 2.45) is 0 Å².